The van der Waals surface area contributed by atoms with Crippen molar-refractivity contribution in [2.75, 3.05) is 31.3 Å². The molecule has 4 aromatic heterocycles. The van der Waals surface area contributed by atoms with Crippen LogP contribution in [0.25, 0.3) is 32.5 Å². The molecular weight excluding hydrogens is 1260 g/mol. The van der Waals surface area contributed by atoms with Gasteiger partial charge in [0, 0.05) is 57.0 Å². The first-order chi connectivity index (χ1) is 43.7. The maximum atomic E-state index is 14.7. The molecule has 6 aromatic carbocycles. The van der Waals surface area contributed by atoms with E-state index in [-0.39, 0.29) is 127 Å². The van der Waals surface area contributed by atoms with Crippen LogP contribution in [-0.2, 0) is 18.9 Å². The Hall–Kier alpha value is -11.1. The first-order valence-electron chi connectivity index (χ1n) is 28.7. The molecule has 0 unspecified atom stereocenters. The van der Waals surface area contributed by atoms with Crippen molar-refractivity contribution in [3.63, 3.8) is 0 Å². The second-order valence-electron chi connectivity index (χ2n) is 20.3. The molecule has 11 rings (SSSR count). The van der Waals surface area contributed by atoms with Gasteiger partial charge in [-0.25, -0.2) is 19.2 Å². The molecular formula is C70H56IN7O12. The zero-order valence-corrected chi connectivity index (χ0v) is 51.1. The molecule has 19 nitrogen and oxygen atoms in total. The van der Waals surface area contributed by atoms with Crippen LogP contribution < -0.4 is 26.3 Å². The highest BCUT2D eigenvalue weighted by atomic mass is 127. The van der Waals surface area contributed by atoms with E-state index in [2.05, 4.69) is 61.2 Å². The zero-order valence-electron chi connectivity index (χ0n) is 48.9. The van der Waals surface area contributed by atoms with E-state index in [9.17, 15) is 39.4 Å². The normalized spacial score (nSPS) is 12.0. The van der Waals surface area contributed by atoms with E-state index in [4.69, 9.17) is 18.9 Å². The van der Waals surface area contributed by atoms with Crippen LogP contribution in [0.5, 0.6) is 0 Å². The van der Waals surface area contributed by atoms with Crippen LogP contribution in [0.4, 0.5) is 28.4 Å². The van der Waals surface area contributed by atoms with Gasteiger partial charge in [0.05, 0.1) is 106 Å². The molecule has 5 heterocycles. The topological polar surface area (TPSA) is 258 Å². The number of benzene rings is 6. The number of nitrogens with zero attached hydrogens (tertiary/aromatic N) is 3. The predicted octanol–water partition coefficient (Wildman–Crippen LogP) is 11.8. The minimum atomic E-state index is -0.841. The number of fused-ring (bicyclic) bond motifs is 8. The molecule has 0 spiro atoms. The minimum absolute atomic E-state index is 0.00584. The molecule has 1 aliphatic rings. The lowest BCUT2D eigenvalue weighted by Crippen LogP contribution is -2.23. The predicted molar refractivity (Wildman–Crippen MR) is 350 cm³/mol. The number of aromatic nitrogens is 4. The molecule has 450 valence electrons. The molecule has 10 aromatic rings. The summed E-state index contributed by atoms with van der Waals surface area (Å²) in [5.74, 6) is -3.34. The molecule has 0 saturated carbocycles. The summed E-state index contributed by atoms with van der Waals surface area (Å²) in [7, 11) is 0. The number of carbonyl (C=O) groups is 4. The Balaban J connectivity index is 1.24. The Labute approximate surface area is 527 Å². The molecule has 0 radical (unpaired) electrons. The number of H-pyrrole nitrogens is 4. The van der Waals surface area contributed by atoms with Gasteiger partial charge in [-0.15, -0.1) is 0 Å². The summed E-state index contributed by atoms with van der Waals surface area (Å²) in [5.41, 5.74) is 4.60. The summed E-state index contributed by atoms with van der Waals surface area (Å²) in [6.45, 7) is 6.21. The van der Waals surface area contributed by atoms with Crippen LogP contribution >= 0.6 is 22.6 Å². The van der Waals surface area contributed by atoms with Crippen molar-refractivity contribution < 1.29 is 48.0 Å². The number of nitro groups is 2. The second kappa shape index (κ2) is 26.5. The number of halogens is 1. The molecule has 8 bridgehead atoms. The van der Waals surface area contributed by atoms with Crippen molar-refractivity contribution in [2.45, 2.75) is 27.7 Å². The lowest BCUT2D eigenvalue weighted by molar-refractivity contribution is -0.385. The largest absolute Gasteiger partial charge is 0.462 e. The van der Waals surface area contributed by atoms with Crippen molar-refractivity contribution >= 4 is 107 Å². The average Bonchev–Trinajstić information content (AvgIpc) is 1.58. The number of rotatable bonds is 18. The second-order valence-corrected chi connectivity index (χ2v) is 21.4. The van der Waals surface area contributed by atoms with Crippen LogP contribution in [0, 0.1) is 20.2 Å². The monoisotopic (exact) mass is 1310 g/mol. The van der Waals surface area contributed by atoms with Gasteiger partial charge in [0.25, 0.3) is 11.4 Å². The highest BCUT2D eigenvalue weighted by Gasteiger charge is 2.33. The van der Waals surface area contributed by atoms with Crippen LogP contribution in [0.2, 0.25) is 0 Å². The number of ether oxygens (including phenoxy) is 4. The molecule has 0 atom stereocenters. The maximum Gasteiger partial charge on any atom is 0.340 e. The van der Waals surface area contributed by atoms with Crippen LogP contribution in [0.15, 0.2) is 182 Å². The number of carbonyl (C=O) groups excluding carboxylic acids is 4. The standard InChI is InChI=1S/C70H56IN7O12/c1-5-87-67(79)49-37-53-59(43-33-29-41(30-34-43)27-28-42-31-35-46(36-32-42)76(44-19-11-9-12-20-44)45-21-13-10-14-22-45)54-38-50(68(80)88-6-2)64(73-54)61(48-24-16-18-26-58(48)78(85)86)66-52(70(82)90-8-4)40-56(75-66)62(71)55-39-51(69(81)89-7-3)65(74-55)60(63(49)72-53)47-23-15-17-25-57(47)77(83)84/h9-40,72-75H,5-8H2,1-4H3. The fraction of sp³-hybridized carbons (Fsp3) is 0.114. The summed E-state index contributed by atoms with van der Waals surface area (Å²) in [6.07, 6.45) is 3.93. The van der Waals surface area contributed by atoms with Crippen molar-refractivity contribution in [3.05, 3.63) is 296 Å². The average molecular weight is 1310 g/mol. The first kappa shape index (κ1) is 60.6. The van der Waals surface area contributed by atoms with Gasteiger partial charge in [-0.1, -0.05) is 109 Å². The summed E-state index contributed by atoms with van der Waals surface area (Å²) in [4.78, 5) is 99.4. The number of hydrogen-bond donors (Lipinski definition) is 4. The van der Waals surface area contributed by atoms with Crippen molar-refractivity contribution in [1.29, 1.82) is 0 Å². The van der Waals surface area contributed by atoms with Gasteiger partial charge < -0.3 is 43.8 Å². The van der Waals surface area contributed by atoms with Gasteiger partial charge in [-0.3, -0.25) is 20.2 Å². The maximum absolute atomic E-state index is 14.7. The fourth-order valence-electron chi connectivity index (χ4n) is 11.0. The van der Waals surface area contributed by atoms with Gasteiger partial charge in [-0.05, 0) is 140 Å². The quantitative estimate of drug-likeness (QED) is 0.0156. The number of hydrogen-bond acceptors (Lipinski definition) is 13. The molecule has 20 heteroatoms. The molecule has 1 aliphatic heterocycles. The third-order valence-electron chi connectivity index (χ3n) is 14.9. The highest BCUT2D eigenvalue weighted by Crippen LogP contribution is 2.38. The summed E-state index contributed by atoms with van der Waals surface area (Å²) < 4.78 is 23.2. The lowest BCUT2D eigenvalue weighted by atomic mass is 9.96. The van der Waals surface area contributed by atoms with Gasteiger partial charge in [-0.2, -0.15) is 0 Å². The Morgan fingerprint density at radius 3 is 1.28 bits per heavy atom. The SMILES string of the molecule is CCOC(=O)c1cc2[nH]c1C(c1ccccc1[N+](=O)[O-])=c1[nH]c(cc1C(=O)OCC)=C(c1ccc(C=Cc3ccc(N(c4ccccc4)c4ccccc4)cc3)cc1)c1cc(C(=O)OCC)c([nH]1)C(c1ccccc1[N+](=O)[O-])=c1[nH]c(cc1C(=O)OCC)=C2I. The number of nitro benzene ring substituents is 2. The number of para-hydroxylation sites is 4. The van der Waals surface area contributed by atoms with Gasteiger partial charge in [0.2, 0.25) is 0 Å². The summed E-state index contributed by atoms with van der Waals surface area (Å²) in [5, 5.41) is 26.8. The van der Waals surface area contributed by atoms with Crippen LogP contribution in [0.1, 0.15) is 120 Å². The van der Waals surface area contributed by atoms with E-state index in [0.29, 0.717) is 14.7 Å². The van der Waals surface area contributed by atoms with E-state index >= 15 is 0 Å². The molecule has 0 aliphatic carbocycles. The summed E-state index contributed by atoms with van der Waals surface area (Å²) in [6, 6.07) is 53.4. The third kappa shape index (κ3) is 12.0. The molecule has 0 fully saturated rings. The Bertz CT molecular complexity index is 4720. The molecule has 4 N–H and O–H groups in total. The van der Waals surface area contributed by atoms with Crippen molar-refractivity contribution in [3.8, 4) is 0 Å². The number of nitrogens with one attached hydrogen (secondary N) is 4. The lowest BCUT2D eigenvalue weighted by Gasteiger charge is -2.25. The van der Waals surface area contributed by atoms with E-state index in [1.165, 1.54) is 60.7 Å². The first-order valence-corrected chi connectivity index (χ1v) is 29.8. The Kier molecular flexibility index (Phi) is 17.8. The number of aromatic amines is 4. The number of esters is 4. The highest BCUT2D eigenvalue weighted by molar-refractivity contribution is 14.1. The van der Waals surface area contributed by atoms with Crippen molar-refractivity contribution in [2.24, 2.45) is 0 Å². The Morgan fingerprint density at radius 2 is 0.822 bits per heavy atom. The van der Waals surface area contributed by atoms with Crippen LogP contribution in [-0.4, -0.2) is 80.1 Å². The zero-order chi connectivity index (χ0) is 63.2. The summed E-state index contributed by atoms with van der Waals surface area (Å²) >= 11 is 2.00. The van der Waals surface area contributed by atoms with E-state index in [1.807, 2.05) is 108 Å². The minimum Gasteiger partial charge on any atom is -0.462 e. The molecule has 90 heavy (non-hydrogen) atoms. The Morgan fingerprint density at radius 1 is 0.444 bits per heavy atom. The van der Waals surface area contributed by atoms with Gasteiger partial charge >= 0.3 is 23.9 Å². The van der Waals surface area contributed by atoms with Crippen LogP contribution in [0.3, 0.4) is 0 Å². The molecule has 0 amide bonds. The van der Waals surface area contributed by atoms with E-state index in [0.717, 1.165) is 28.2 Å². The smallest absolute Gasteiger partial charge is 0.340 e. The van der Waals surface area contributed by atoms with E-state index < -0.39 is 33.7 Å². The number of anilines is 3. The van der Waals surface area contributed by atoms with Gasteiger partial charge in [0.1, 0.15) is 0 Å². The molecule has 0 saturated heterocycles. The fourth-order valence-corrected chi connectivity index (χ4v) is 11.5. The third-order valence-corrected chi connectivity index (χ3v) is 16.0. The van der Waals surface area contributed by atoms with E-state index in [1.54, 1.807) is 39.8 Å². The van der Waals surface area contributed by atoms with Crippen molar-refractivity contribution in [1.82, 2.24) is 19.9 Å². The van der Waals surface area contributed by atoms with Gasteiger partial charge in [0.15, 0.2) is 0 Å².